The molecule has 34 N–H and O–H groups in total. The van der Waals surface area contributed by atoms with Gasteiger partial charge in [0.1, 0.15) is 65.4 Å². The van der Waals surface area contributed by atoms with E-state index in [1.54, 1.807) is 9.80 Å². The fraction of sp³-hybridized carbons (Fsp3) is 1.00. The first-order chi connectivity index (χ1) is 12.9. The molecule has 0 bridgehead atoms. The number of aliphatic hydroxyl groups is 2. The van der Waals surface area contributed by atoms with Crippen LogP contribution in [-0.4, -0.2) is 111 Å². The van der Waals surface area contributed by atoms with E-state index in [0.717, 1.165) is 13.1 Å². The maximum atomic E-state index is 8.59. The van der Waals surface area contributed by atoms with Crippen LogP contribution in [-0.2, 0) is 246 Å². The summed E-state index contributed by atoms with van der Waals surface area (Å²) in [6.45, 7) is 12.4. The molecule has 0 aliphatic carbocycles. The summed E-state index contributed by atoms with van der Waals surface area (Å²) in [6.07, 6.45) is 0. The summed E-state index contributed by atoms with van der Waals surface area (Å²) >= 11 is 0. The molecule has 408 valence electrons. The minimum absolute atomic E-state index is 0. The van der Waals surface area contributed by atoms with Gasteiger partial charge in [-0.1, -0.05) is 0 Å². The maximum Gasteiger partial charge on any atom is 3.00 e. The molecule has 0 saturated carbocycles. The van der Waals surface area contributed by atoms with Gasteiger partial charge in [-0.2, -0.15) is 15.6 Å². The summed E-state index contributed by atoms with van der Waals surface area (Å²) in [5, 5.41) is 21.8. The second-order valence-corrected chi connectivity index (χ2v) is 7.86. The number of nitrogens with two attached hydrogens (primary N) is 2. The molecular formula is C12H58CoMo5N4O35P2-23. The van der Waals surface area contributed by atoms with Gasteiger partial charge in [0, 0.05) is 105 Å². The molecule has 0 unspecified atom stereocenters. The summed E-state index contributed by atoms with van der Waals surface area (Å²) in [7, 11) is -10.8. The Morgan fingerprint density at radius 3 is 0.576 bits per heavy atom. The van der Waals surface area contributed by atoms with Crippen LogP contribution < -0.4 is 49.8 Å². The molecule has 2 heterocycles. The van der Waals surface area contributed by atoms with Crippen molar-refractivity contribution in [2.75, 3.05) is 78.7 Å². The van der Waals surface area contributed by atoms with E-state index in [9.17, 15) is 0 Å². The Kier molecular flexibility index (Phi) is 835. The SMILES string of the molecule is O.O.O.O.O=P([O-])([O-])[O-].O=P([O-])([O-])[O-].OCC[NH+]1CC[NH2+]CC1.OCC[NH+]1CC[NH2+]CC1.[Co+3].[Mo].[Mo].[Mo].[Mo].[Mo].[O-2].[O-2].[O-2].[O-2].[O-2].[O-2].[O-2].[O-2].[O-2].[O-2].[O-2].[O-2].[O-2].[O-2].[O-2].[OH3+].[OH3+].[OH3+].[OH3+].[OH3+].[OH3+]. The Labute approximate surface area is 419 Å². The van der Waals surface area contributed by atoms with Crippen molar-refractivity contribution in [2.24, 2.45) is 0 Å². The zero-order valence-corrected chi connectivity index (χ0v) is 42.5. The van der Waals surface area contributed by atoms with Crippen LogP contribution in [0.25, 0.3) is 0 Å². The molecule has 47 heteroatoms. The van der Waals surface area contributed by atoms with Crippen LogP contribution in [0.5, 0.6) is 0 Å². The van der Waals surface area contributed by atoms with Crippen molar-refractivity contribution < 1.29 is 328 Å². The van der Waals surface area contributed by atoms with Gasteiger partial charge >= 0.3 is 16.8 Å². The second-order valence-electron chi connectivity index (χ2n) is 6.07. The van der Waals surface area contributed by atoms with Crippen LogP contribution in [0.2, 0.25) is 0 Å². The van der Waals surface area contributed by atoms with E-state index >= 15 is 0 Å². The molecule has 2 fully saturated rings. The zero-order valence-electron chi connectivity index (χ0n) is 29.7. The average molecular weight is 1420 g/mol. The summed E-state index contributed by atoms with van der Waals surface area (Å²) in [5.74, 6) is 0. The molecular weight excluding hydrogens is 1360 g/mol. The Morgan fingerprint density at radius 2 is 0.492 bits per heavy atom. The minimum Gasteiger partial charge on any atom is -2.00 e. The van der Waals surface area contributed by atoms with E-state index in [1.165, 1.54) is 52.4 Å². The van der Waals surface area contributed by atoms with Gasteiger partial charge in [0.2, 0.25) is 0 Å². The van der Waals surface area contributed by atoms with E-state index in [2.05, 4.69) is 10.6 Å². The van der Waals surface area contributed by atoms with Crippen molar-refractivity contribution in [3.05, 3.63) is 0 Å². The molecule has 2 rings (SSSR count). The number of piperazine rings is 2. The average Bonchev–Trinajstić information content (AvgIpc) is 2.55. The topological polar surface area (TPSA) is 1010 Å². The Bertz CT molecular complexity index is 431. The number of phosphoric acid groups is 2. The number of hydrogen-bond acceptors (Lipinski definition) is 10. The predicted octanol–water partition coefficient (Wildman–Crippen LogP) is -23.4. The number of rotatable bonds is 4. The van der Waals surface area contributed by atoms with Gasteiger partial charge < -0.3 is 206 Å². The second kappa shape index (κ2) is 179. The number of nitrogens with one attached hydrogen (secondary N) is 2. The van der Waals surface area contributed by atoms with E-state index in [0.29, 0.717) is 13.2 Å². The smallest absolute Gasteiger partial charge is 2.00 e. The minimum atomic E-state index is -5.39. The van der Waals surface area contributed by atoms with Gasteiger partial charge in [-0.05, 0) is 0 Å². The molecule has 0 aromatic heterocycles. The molecule has 2 aliphatic rings. The Morgan fingerprint density at radius 1 is 0.390 bits per heavy atom. The van der Waals surface area contributed by atoms with Gasteiger partial charge in [0.05, 0.1) is 13.2 Å². The van der Waals surface area contributed by atoms with Crippen LogP contribution in [0.15, 0.2) is 0 Å². The maximum absolute atomic E-state index is 8.59. The zero-order chi connectivity index (χ0) is 22.1. The van der Waals surface area contributed by atoms with Crippen molar-refractivity contribution in [3.63, 3.8) is 0 Å². The fourth-order valence-electron chi connectivity index (χ4n) is 2.58. The van der Waals surface area contributed by atoms with Gasteiger partial charge in [0.15, 0.2) is 0 Å². The fourth-order valence-corrected chi connectivity index (χ4v) is 2.58. The molecule has 0 spiro atoms. The van der Waals surface area contributed by atoms with Crippen molar-refractivity contribution in [3.8, 4) is 0 Å². The largest absolute Gasteiger partial charge is 3.00 e. The number of hydrogen-bond donors (Lipinski definition) is 6. The Balaban J connectivity index is -0.00000000426. The molecule has 0 atom stereocenters. The molecule has 0 aromatic rings. The molecule has 0 amide bonds. The molecule has 0 aromatic carbocycles. The third kappa shape index (κ3) is 340. The van der Waals surface area contributed by atoms with E-state index in [4.69, 9.17) is 48.7 Å². The molecule has 59 heavy (non-hydrogen) atoms. The molecule has 2 aliphatic heterocycles. The third-order valence-corrected chi connectivity index (χ3v) is 3.74. The van der Waals surface area contributed by atoms with Crippen molar-refractivity contribution in [2.45, 2.75) is 0 Å². The number of aliphatic hydroxyl groups excluding tert-OH is 2. The van der Waals surface area contributed by atoms with Crippen LogP contribution in [0.4, 0.5) is 0 Å². The first kappa shape index (κ1) is 275. The van der Waals surface area contributed by atoms with E-state index in [1.807, 2.05) is 0 Å². The molecule has 2 saturated heterocycles. The summed E-state index contributed by atoms with van der Waals surface area (Å²) in [6, 6.07) is 0. The summed E-state index contributed by atoms with van der Waals surface area (Å²) in [5.41, 5.74) is 0. The molecule has 39 nitrogen and oxygen atoms in total. The summed E-state index contributed by atoms with van der Waals surface area (Å²) < 4.78 is 17.1. The van der Waals surface area contributed by atoms with Crippen molar-refractivity contribution in [1.82, 2.24) is 0 Å². The van der Waals surface area contributed by atoms with Crippen LogP contribution in [0.1, 0.15) is 0 Å². The van der Waals surface area contributed by atoms with Crippen molar-refractivity contribution >= 4 is 15.6 Å². The van der Waals surface area contributed by atoms with Gasteiger partial charge in [0.25, 0.3) is 0 Å². The monoisotopic (exact) mass is 1430 g/mol. The normalized spacial score (nSPS) is 8.81. The van der Waals surface area contributed by atoms with Gasteiger partial charge in [-0.25, -0.2) is 0 Å². The number of quaternary nitrogens is 4. The standard InChI is InChI=1S/2C6H14N2O.Co.5Mo.2H3O4P.10H2O.15O/c2*9-6-5-8-3-1-7-2-4-8;;;;;;;2*1-5(2,3)4;;;;;;;;;;;;;;;;;;;;;;;;;/h2*7,9H,1-6H2;;;;;;;2*(H3,1,2,3,4);10*1H2;;;;;;;;;;;;;;;/q;;+3;;;;;;;;;;;;;;;;;;15*-2/p+4. The molecule has 0 radical (unpaired) electrons. The predicted molar refractivity (Wildman–Crippen MR) is 138 cm³/mol. The quantitative estimate of drug-likeness (QED) is 0.0877. The third-order valence-electron chi connectivity index (χ3n) is 3.74. The van der Waals surface area contributed by atoms with Gasteiger partial charge in [-0.15, -0.1) is 0 Å². The van der Waals surface area contributed by atoms with Crippen molar-refractivity contribution in [1.29, 1.82) is 0 Å². The summed E-state index contributed by atoms with van der Waals surface area (Å²) in [4.78, 5) is 54.4. The van der Waals surface area contributed by atoms with E-state index in [-0.39, 0.29) is 259 Å². The van der Waals surface area contributed by atoms with Crippen LogP contribution in [0, 0.1) is 0 Å². The Hall–Kier alpha value is 2.93. The van der Waals surface area contributed by atoms with Crippen LogP contribution >= 0.6 is 15.6 Å². The van der Waals surface area contributed by atoms with E-state index < -0.39 is 15.6 Å². The van der Waals surface area contributed by atoms with Crippen LogP contribution in [0.3, 0.4) is 0 Å². The van der Waals surface area contributed by atoms with Gasteiger partial charge in [-0.3, -0.25) is 0 Å². The first-order valence-corrected chi connectivity index (χ1v) is 11.8. The first-order valence-electron chi connectivity index (χ1n) is 8.85.